The zero-order valence-corrected chi connectivity index (χ0v) is 11.9. The van der Waals surface area contributed by atoms with Gasteiger partial charge in [-0.25, -0.2) is 4.98 Å². The van der Waals surface area contributed by atoms with E-state index in [4.69, 9.17) is 5.73 Å². The van der Waals surface area contributed by atoms with Crippen LogP contribution >= 0.6 is 0 Å². The predicted octanol–water partition coefficient (Wildman–Crippen LogP) is 1.35. The summed E-state index contributed by atoms with van der Waals surface area (Å²) in [6, 6.07) is 1.96. The zero-order chi connectivity index (χ0) is 13.5. The van der Waals surface area contributed by atoms with Gasteiger partial charge in [-0.2, -0.15) is 4.98 Å². The predicted molar refractivity (Wildman–Crippen MR) is 77.1 cm³/mol. The molecule has 18 heavy (non-hydrogen) atoms. The van der Waals surface area contributed by atoms with Crippen molar-refractivity contribution in [1.29, 1.82) is 0 Å². The Morgan fingerprint density at radius 3 is 2.61 bits per heavy atom. The summed E-state index contributed by atoms with van der Waals surface area (Å²) in [7, 11) is 3.90. The van der Waals surface area contributed by atoms with Crippen LogP contribution in [0.15, 0.2) is 12.3 Å². The lowest BCUT2D eigenvalue weighted by Gasteiger charge is -2.26. The molecule has 1 heterocycles. The molecule has 102 valence electrons. The fourth-order valence-corrected chi connectivity index (χ4v) is 1.75. The Bertz CT molecular complexity index is 351. The Kier molecular flexibility index (Phi) is 5.85. The first-order valence-electron chi connectivity index (χ1n) is 6.50. The van der Waals surface area contributed by atoms with E-state index in [1.54, 1.807) is 0 Å². The van der Waals surface area contributed by atoms with Crippen molar-refractivity contribution >= 4 is 11.8 Å². The molecule has 0 spiro atoms. The maximum atomic E-state index is 5.60. The molecule has 0 amide bonds. The van der Waals surface area contributed by atoms with Crippen molar-refractivity contribution < 1.29 is 0 Å². The van der Waals surface area contributed by atoms with Crippen LogP contribution in [0.3, 0.4) is 0 Å². The highest BCUT2D eigenvalue weighted by Gasteiger charge is 2.11. The molecule has 0 aliphatic carbocycles. The van der Waals surface area contributed by atoms with Gasteiger partial charge in [0.15, 0.2) is 0 Å². The molecule has 2 N–H and O–H groups in total. The minimum Gasteiger partial charge on any atom is -0.356 e. The average Bonchev–Trinajstić information content (AvgIpc) is 2.34. The lowest BCUT2D eigenvalue weighted by molar-refractivity contribution is 0.596. The van der Waals surface area contributed by atoms with Crippen molar-refractivity contribution in [3.8, 4) is 0 Å². The number of anilines is 2. The Morgan fingerprint density at radius 1 is 1.33 bits per heavy atom. The van der Waals surface area contributed by atoms with Crippen molar-refractivity contribution in [2.45, 2.75) is 20.3 Å². The van der Waals surface area contributed by atoms with Crippen molar-refractivity contribution in [2.75, 3.05) is 43.5 Å². The number of hydrogen-bond donors (Lipinski definition) is 1. The van der Waals surface area contributed by atoms with Gasteiger partial charge in [0.1, 0.15) is 5.82 Å². The number of hydrogen-bond acceptors (Lipinski definition) is 5. The molecule has 0 aliphatic rings. The van der Waals surface area contributed by atoms with Gasteiger partial charge in [0.05, 0.1) is 0 Å². The van der Waals surface area contributed by atoms with E-state index in [9.17, 15) is 0 Å². The van der Waals surface area contributed by atoms with Gasteiger partial charge in [0.25, 0.3) is 0 Å². The molecule has 5 heteroatoms. The number of nitrogens with two attached hydrogens (primary N) is 1. The molecular weight excluding hydrogens is 226 g/mol. The fraction of sp³-hybridized carbons (Fsp3) is 0.692. The fourth-order valence-electron chi connectivity index (χ4n) is 1.75. The molecule has 0 bridgehead atoms. The van der Waals surface area contributed by atoms with Gasteiger partial charge in [-0.1, -0.05) is 13.8 Å². The van der Waals surface area contributed by atoms with Gasteiger partial charge in [0.2, 0.25) is 5.95 Å². The maximum Gasteiger partial charge on any atom is 0.226 e. The average molecular weight is 251 g/mol. The van der Waals surface area contributed by atoms with Crippen LogP contribution in [0.1, 0.15) is 20.3 Å². The second kappa shape index (κ2) is 7.16. The van der Waals surface area contributed by atoms with E-state index in [0.29, 0.717) is 12.5 Å². The van der Waals surface area contributed by atoms with Crippen LogP contribution in [0.4, 0.5) is 11.8 Å². The summed E-state index contributed by atoms with van der Waals surface area (Å²) in [6.45, 7) is 7.07. The third-order valence-corrected chi connectivity index (χ3v) is 2.57. The molecule has 0 aliphatic heterocycles. The van der Waals surface area contributed by atoms with Crippen LogP contribution in [0, 0.1) is 5.92 Å². The van der Waals surface area contributed by atoms with Crippen LogP contribution in [0.5, 0.6) is 0 Å². The molecule has 1 rings (SSSR count). The normalized spacial score (nSPS) is 10.8. The highest BCUT2D eigenvalue weighted by atomic mass is 15.3. The molecule has 0 unspecified atom stereocenters. The van der Waals surface area contributed by atoms with Gasteiger partial charge in [-0.05, 0) is 24.9 Å². The molecule has 0 atom stereocenters. The minimum absolute atomic E-state index is 0.598. The second-order valence-electron chi connectivity index (χ2n) is 5.09. The summed E-state index contributed by atoms with van der Waals surface area (Å²) in [5, 5.41) is 0. The Balaban J connectivity index is 2.85. The third-order valence-electron chi connectivity index (χ3n) is 2.57. The highest BCUT2D eigenvalue weighted by Crippen LogP contribution is 2.15. The zero-order valence-electron chi connectivity index (χ0n) is 11.9. The molecule has 5 nitrogen and oxygen atoms in total. The summed E-state index contributed by atoms with van der Waals surface area (Å²) in [6.07, 6.45) is 2.79. The lowest BCUT2D eigenvalue weighted by atomic mass is 10.2. The monoisotopic (exact) mass is 251 g/mol. The largest absolute Gasteiger partial charge is 0.356 e. The van der Waals surface area contributed by atoms with Crippen molar-refractivity contribution in [3.05, 3.63) is 12.3 Å². The lowest BCUT2D eigenvalue weighted by Crippen LogP contribution is -2.31. The summed E-state index contributed by atoms with van der Waals surface area (Å²) >= 11 is 0. The summed E-state index contributed by atoms with van der Waals surface area (Å²) in [5.41, 5.74) is 5.60. The van der Waals surface area contributed by atoms with E-state index >= 15 is 0 Å². The standard InChI is InChI=1S/C13H25N5/c1-11(2)10-18(9-5-7-14)12-6-8-15-13(16-12)17(3)4/h6,8,11H,5,7,9-10,14H2,1-4H3. The van der Waals surface area contributed by atoms with Crippen molar-refractivity contribution in [1.82, 2.24) is 9.97 Å². The third kappa shape index (κ3) is 4.49. The highest BCUT2D eigenvalue weighted by molar-refractivity contribution is 5.43. The van der Waals surface area contributed by atoms with Crippen molar-refractivity contribution in [2.24, 2.45) is 11.7 Å². The first-order valence-corrected chi connectivity index (χ1v) is 6.50. The van der Waals surface area contributed by atoms with Crippen LogP contribution in [0.2, 0.25) is 0 Å². The van der Waals surface area contributed by atoms with E-state index < -0.39 is 0 Å². The molecule has 0 aromatic carbocycles. The Labute approximate surface area is 110 Å². The number of aromatic nitrogens is 2. The number of rotatable bonds is 7. The van der Waals surface area contributed by atoms with Crippen LogP contribution < -0.4 is 15.5 Å². The molecule has 1 aromatic heterocycles. The summed E-state index contributed by atoms with van der Waals surface area (Å²) in [5.74, 6) is 2.32. The molecule has 0 fully saturated rings. The second-order valence-corrected chi connectivity index (χ2v) is 5.09. The molecule has 0 radical (unpaired) electrons. The first kappa shape index (κ1) is 14.7. The smallest absolute Gasteiger partial charge is 0.226 e. The van der Waals surface area contributed by atoms with Gasteiger partial charge in [0, 0.05) is 33.4 Å². The molecule has 0 saturated heterocycles. The van der Waals surface area contributed by atoms with Crippen molar-refractivity contribution in [3.63, 3.8) is 0 Å². The van der Waals surface area contributed by atoms with E-state index in [1.165, 1.54) is 0 Å². The van der Waals surface area contributed by atoms with Crippen LogP contribution in [-0.2, 0) is 0 Å². The summed E-state index contributed by atoms with van der Waals surface area (Å²) < 4.78 is 0. The summed E-state index contributed by atoms with van der Waals surface area (Å²) in [4.78, 5) is 13.0. The molecule has 1 aromatic rings. The minimum atomic E-state index is 0.598. The van der Waals surface area contributed by atoms with Gasteiger partial charge in [-0.15, -0.1) is 0 Å². The van der Waals surface area contributed by atoms with E-state index in [2.05, 4.69) is 28.7 Å². The molecular formula is C13H25N5. The topological polar surface area (TPSA) is 58.3 Å². The molecule has 0 saturated carbocycles. The van der Waals surface area contributed by atoms with Gasteiger partial charge >= 0.3 is 0 Å². The maximum absolute atomic E-state index is 5.60. The first-order chi connectivity index (χ1) is 8.54. The Hall–Kier alpha value is -1.36. The van der Waals surface area contributed by atoms with Crippen LogP contribution in [0.25, 0.3) is 0 Å². The van der Waals surface area contributed by atoms with Gasteiger partial charge < -0.3 is 15.5 Å². The van der Waals surface area contributed by atoms with E-state index in [-0.39, 0.29) is 0 Å². The van der Waals surface area contributed by atoms with E-state index in [1.807, 2.05) is 31.3 Å². The van der Waals surface area contributed by atoms with Crippen LogP contribution in [-0.4, -0.2) is 43.7 Å². The van der Waals surface area contributed by atoms with Gasteiger partial charge in [-0.3, -0.25) is 0 Å². The quantitative estimate of drug-likeness (QED) is 0.793. The SMILES string of the molecule is CC(C)CN(CCCN)c1ccnc(N(C)C)n1. The van der Waals surface area contributed by atoms with E-state index in [0.717, 1.165) is 31.3 Å². The number of nitrogens with zero attached hydrogens (tertiary/aromatic N) is 4. The Morgan fingerprint density at radius 2 is 2.06 bits per heavy atom.